The van der Waals surface area contributed by atoms with Crippen molar-refractivity contribution in [1.29, 1.82) is 0 Å². The summed E-state index contributed by atoms with van der Waals surface area (Å²) < 4.78 is 10.9. The minimum absolute atomic E-state index is 0.114. The van der Waals surface area contributed by atoms with Crippen LogP contribution in [0.4, 0.5) is 17.2 Å². The molecule has 4 rings (SSSR count). The molecule has 1 aromatic carbocycles. The molecule has 4 N–H and O–H groups in total. The van der Waals surface area contributed by atoms with Crippen molar-refractivity contribution in [1.82, 2.24) is 30.5 Å². The molecule has 3 amide bonds. The first kappa shape index (κ1) is 32.9. The molecule has 1 unspecified atom stereocenters. The molecule has 0 saturated carbocycles. The fraction of sp³-hybridized carbons (Fsp3) is 0.438. The molecule has 2 aromatic heterocycles. The van der Waals surface area contributed by atoms with Gasteiger partial charge in [0.25, 0.3) is 0 Å². The third-order valence-corrected chi connectivity index (χ3v) is 7.58. The lowest BCUT2D eigenvalue weighted by atomic mass is 9.85. The Hall–Kier alpha value is -4.96. The largest absolute Gasteiger partial charge is 0.494 e. The summed E-state index contributed by atoms with van der Waals surface area (Å²) in [4.78, 5) is 54.8. The van der Waals surface area contributed by atoms with Gasteiger partial charge in [0.15, 0.2) is 6.61 Å². The van der Waals surface area contributed by atoms with E-state index in [4.69, 9.17) is 15.9 Å². The zero-order valence-electron chi connectivity index (χ0n) is 26.4. The highest BCUT2D eigenvalue weighted by Crippen LogP contribution is 2.34. The molecule has 0 bridgehead atoms. The lowest BCUT2D eigenvalue weighted by Gasteiger charge is -2.36. The third kappa shape index (κ3) is 7.77. The Morgan fingerprint density at radius 2 is 1.96 bits per heavy atom. The molecule has 1 aliphatic rings. The maximum Gasteiger partial charge on any atom is 0.247 e. The van der Waals surface area contributed by atoms with Crippen LogP contribution in [0, 0.1) is 17.8 Å². The number of likely N-dealkylation sites (N-methyl/N-ethyl adjacent to an activating group) is 1. The highest BCUT2D eigenvalue weighted by molar-refractivity contribution is 6.03. The van der Waals surface area contributed by atoms with Crippen molar-refractivity contribution in [3.63, 3.8) is 0 Å². The lowest BCUT2D eigenvalue weighted by molar-refractivity contribution is -0.143. The van der Waals surface area contributed by atoms with Crippen molar-refractivity contribution in [2.75, 3.05) is 37.9 Å². The number of carbonyl (C=O) groups excluding carboxylic acids is 3. The average Bonchev–Trinajstić information content (AvgIpc) is 3.52. The summed E-state index contributed by atoms with van der Waals surface area (Å²) >= 11 is 0. The van der Waals surface area contributed by atoms with Crippen LogP contribution in [0.25, 0.3) is 10.9 Å². The fourth-order valence-electron chi connectivity index (χ4n) is 4.97. The Kier molecular flexibility index (Phi) is 10.4. The van der Waals surface area contributed by atoms with Gasteiger partial charge in [0.1, 0.15) is 30.0 Å². The molecule has 0 aliphatic carbocycles. The molecule has 13 heteroatoms. The number of hydrogen-bond donors (Lipinski definition) is 4. The van der Waals surface area contributed by atoms with Gasteiger partial charge in [-0.15, -0.1) is 6.42 Å². The van der Waals surface area contributed by atoms with Crippen LogP contribution in [-0.4, -0.2) is 83.0 Å². The average molecular weight is 617 g/mol. The molecule has 1 saturated heterocycles. The maximum atomic E-state index is 13.8. The topological polar surface area (TPSA) is 160 Å². The predicted octanol–water partition coefficient (Wildman–Crippen LogP) is 2.86. The van der Waals surface area contributed by atoms with Gasteiger partial charge in [-0.25, -0.2) is 15.0 Å². The highest BCUT2D eigenvalue weighted by Gasteiger charge is 2.42. The monoisotopic (exact) mass is 616 g/mol. The van der Waals surface area contributed by atoms with Crippen molar-refractivity contribution in [3.8, 4) is 24.0 Å². The van der Waals surface area contributed by atoms with Crippen LogP contribution in [0.15, 0.2) is 36.8 Å². The maximum absolute atomic E-state index is 13.8. The van der Waals surface area contributed by atoms with Crippen molar-refractivity contribution < 1.29 is 23.9 Å². The first-order chi connectivity index (χ1) is 21.5. The Balaban J connectivity index is 1.57. The standard InChI is InChI=1S/C32H40N8O5/c1-8-14-45-26-12-11-20(17-34-26)37-28-21-15-23(25(44-7)16-22(21)35-18-36-28)38-30(42)24-10-9-13-40(24)31(43)27(32(3,4)5)39-29(41)19(2)33-6/h1,11-12,15-19,24,27,33H,9-10,13-14H2,2-7H3,(H,38,42)(H,39,41)(H,35,36,37)/t19-,24?,27+/m0/s1. The number of benzene rings is 1. The minimum Gasteiger partial charge on any atom is -0.494 e. The number of carbonyl (C=O) groups is 3. The van der Waals surface area contributed by atoms with E-state index in [0.29, 0.717) is 59.1 Å². The van der Waals surface area contributed by atoms with Crippen LogP contribution in [0.1, 0.15) is 40.5 Å². The molecule has 13 nitrogen and oxygen atoms in total. The van der Waals surface area contributed by atoms with E-state index in [9.17, 15) is 14.4 Å². The second-order valence-corrected chi connectivity index (χ2v) is 11.8. The Labute approximate surface area is 262 Å². The van der Waals surface area contributed by atoms with E-state index in [1.165, 1.54) is 13.4 Å². The van der Waals surface area contributed by atoms with E-state index in [1.54, 1.807) is 49.3 Å². The summed E-state index contributed by atoms with van der Waals surface area (Å²) in [6.07, 6.45) is 9.38. The molecule has 3 atom stereocenters. The van der Waals surface area contributed by atoms with Gasteiger partial charge in [0.05, 0.1) is 36.2 Å². The number of anilines is 3. The zero-order chi connectivity index (χ0) is 32.7. The SMILES string of the molecule is C#CCOc1ccc(Nc2ncnc3cc(OC)c(NC(=O)C4CCCN4C(=O)[C@@H](NC(=O)[C@H](C)NC)C(C)(C)C)cc23)cn1. The summed E-state index contributed by atoms with van der Waals surface area (Å²) in [6, 6.07) is 4.87. The summed E-state index contributed by atoms with van der Waals surface area (Å²) in [5, 5.41) is 12.6. The van der Waals surface area contributed by atoms with Gasteiger partial charge in [0.2, 0.25) is 23.6 Å². The number of aromatic nitrogens is 3. The number of fused-ring (bicyclic) bond motifs is 1. The van der Waals surface area contributed by atoms with Gasteiger partial charge in [-0.1, -0.05) is 26.7 Å². The minimum atomic E-state index is -0.817. The molecular formula is C32H40N8O5. The zero-order valence-corrected chi connectivity index (χ0v) is 26.4. The van der Waals surface area contributed by atoms with E-state index in [-0.39, 0.29) is 24.3 Å². The molecule has 3 heterocycles. The van der Waals surface area contributed by atoms with Gasteiger partial charge in [0, 0.05) is 24.1 Å². The van der Waals surface area contributed by atoms with Gasteiger partial charge in [-0.05, 0) is 44.4 Å². The Morgan fingerprint density at radius 1 is 1.18 bits per heavy atom. The number of nitrogens with zero attached hydrogens (tertiary/aromatic N) is 4. The van der Waals surface area contributed by atoms with E-state index >= 15 is 0 Å². The summed E-state index contributed by atoms with van der Waals surface area (Å²) in [5.74, 6) is 2.72. The quantitative estimate of drug-likeness (QED) is 0.236. The molecule has 0 spiro atoms. The molecule has 1 aliphatic heterocycles. The number of nitrogens with one attached hydrogen (secondary N) is 4. The van der Waals surface area contributed by atoms with E-state index in [0.717, 1.165) is 0 Å². The predicted molar refractivity (Wildman–Crippen MR) is 171 cm³/mol. The fourth-order valence-corrected chi connectivity index (χ4v) is 4.97. The van der Waals surface area contributed by atoms with Gasteiger partial charge in [-0.2, -0.15) is 0 Å². The van der Waals surface area contributed by atoms with E-state index in [1.807, 2.05) is 20.8 Å². The smallest absolute Gasteiger partial charge is 0.247 e. The van der Waals surface area contributed by atoms with Crippen LogP contribution < -0.4 is 30.7 Å². The van der Waals surface area contributed by atoms with Crippen molar-refractivity contribution in [2.45, 2.75) is 58.7 Å². The van der Waals surface area contributed by atoms with Crippen LogP contribution >= 0.6 is 0 Å². The molecular weight excluding hydrogens is 576 g/mol. The Morgan fingerprint density at radius 3 is 2.60 bits per heavy atom. The number of methoxy groups -OCH3 is 1. The van der Waals surface area contributed by atoms with Crippen LogP contribution in [0.2, 0.25) is 0 Å². The number of pyridine rings is 1. The Bertz CT molecular complexity index is 1580. The molecule has 1 fully saturated rings. The first-order valence-electron chi connectivity index (χ1n) is 14.7. The number of amides is 3. The number of terminal acetylenes is 1. The van der Waals surface area contributed by atoms with Crippen LogP contribution in [-0.2, 0) is 14.4 Å². The second-order valence-electron chi connectivity index (χ2n) is 11.8. The van der Waals surface area contributed by atoms with Crippen LogP contribution in [0.3, 0.4) is 0 Å². The summed E-state index contributed by atoms with van der Waals surface area (Å²) in [6.45, 7) is 7.89. The number of hydrogen-bond acceptors (Lipinski definition) is 10. The first-order valence-corrected chi connectivity index (χ1v) is 14.7. The second kappa shape index (κ2) is 14.2. The van der Waals surface area contributed by atoms with E-state index < -0.39 is 23.5 Å². The number of ether oxygens (including phenoxy) is 2. The third-order valence-electron chi connectivity index (χ3n) is 7.58. The number of rotatable bonds is 11. The molecule has 45 heavy (non-hydrogen) atoms. The molecule has 0 radical (unpaired) electrons. The van der Waals surface area contributed by atoms with Crippen LogP contribution in [0.5, 0.6) is 11.6 Å². The van der Waals surface area contributed by atoms with Gasteiger partial charge < -0.3 is 35.6 Å². The molecule has 238 valence electrons. The summed E-state index contributed by atoms with van der Waals surface area (Å²) in [7, 11) is 3.18. The van der Waals surface area contributed by atoms with Crippen molar-refractivity contribution >= 4 is 45.8 Å². The lowest BCUT2D eigenvalue weighted by Crippen LogP contribution is -2.59. The highest BCUT2D eigenvalue weighted by atomic mass is 16.5. The molecule has 3 aromatic rings. The van der Waals surface area contributed by atoms with Crippen molar-refractivity contribution in [3.05, 3.63) is 36.8 Å². The normalized spacial score (nSPS) is 15.9. The van der Waals surface area contributed by atoms with Gasteiger partial charge >= 0.3 is 0 Å². The van der Waals surface area contributed by atoms with Crippen molar-refractivity contribution in [2.24, 2.45) is 5.41 Å². The van der Waals surface area contributed by atoms with Gasteiger partial charge in [-0.3, -0.25) is 14.4 Å². The summed E-state index contributed by atoms with van der Waals surface area (Å²) in [5.41, 5.74) is 1.04. The number of likely N-dealkylation sites (tertiary alicyclic amines) is 1. The van der Waals surface area contributed by atoms with E-state index in [2.05, 4.69) is 42.1 Å².